The molecule has 0 aliphatic heterocycles. The molecule has 1 aliphatic rings. The highest BCUT2D eigenvalue weighted by molar-refractivity contribution is 7.89. The van der Waals surface area contributed by atoms with Gasteiger partial charge in [-0.25, -0.2) is 17.5 Å². The summed E-state index contributed by atoms with van der Waals surface area (Å²) in [7, 11) is -2.40. The molecule has 2 aromatic rings. The predicted octanol–water partition coefficient (Wildman–Crippen LogP) is 2.77. The Morgan fingerprint density at radius 3 is 2.44 bits per heavy atom. The fourth-order valence-corrected chi connectivity index (χ4v) is 4.13. The zero-order chi connectivity index (χ0) is 19.6. The van der Waals surface area contributed by atoms with Gasteiger partial charge in [0.1, 0.15) is 16.5 Å². The number of carbonyl (C=O) groups is 1. The molecule has 0 aromatic heterocycles. The van der Waals surface area contributed by atoms with Crippen molar-refractivity contribution in [2.24, 2.45) is 0 Å². The number of carbonyl (C=O) groups excluding carboxylic acids is 1. The minimum Gasteiger partial charge on any atom is -0.495 e. The fraction of sp³-hybridized carbons (Fsp3) is 0.316. The number of methoxy groups -OCH3 is 1. The van der Waals surface area contributed by atoms with Gasteiger partial charge in [0, 0.05) is 11.6 Å². The van der Waals surface area contributed by atoms with Gasteiger partial charge < -0.3 is 10.1 Å². The summed E-state index contributed by atoms with van der Waals surface area (Å²) in [4.78, 5) is 12.5. The molecule has 8 heteroatoms. The number of ether oxygens (including phenoxy) is 1. The Morgan fingerprint density at radius 2 is 1.85 bits per heavy atom. The molecule has 0 spiro atoms. The lowest BCUT2D eigenvalue weighted by molar-refractivity contribution is 0.0939. The lowest BCUT2D eigenvalue weighted by atomic mass is 10.1. The molecular formula is C19H21FN2O4S. The van der Waals surface area contributed by atoms with Crippen molar-refractivity contribution in [3.05, 3.63) is 59.4 Å². The molecule has 0 heterocycles. The average molecular weight is 392 g/mol. The van der Waals surface area contributed by atoms with Crippen LogP contribution in [0.1, 0.15) is 41.7 Å². The maximum Gasteiger partial charge on any atom is 0.251 e. The summed E-state index contributed by atoms with van der Waals surface area (Å²) in [5.41, 5.74) is 0.933. The molecule has 6 nitrogen and oxygen atoms in total. The molecule has 2 N–H and O–H groups in total. The third-order valence-electron chi connectivity index (χ3n) is 4.33. The SMILES string of the molecule is COc1ccc(C(=O)N[C@H](C)c2ccc(F)cc2)cc1S(=O)(=O)NC1CC1. The highest BCUT2D eigenvalue weighted by atomic mass is 32.2. The molecule has 1 atom stereocenters. The van der Waals surface area contributed by atoms with Crippen LogP contribution >= 0.6 is 0 Å². The third-order valence-corrected chi connectivity index (χ3v) is 5.87. The van der Waals surface area contributed by atoms with Gasteiger partial charge in [-0.05, 0) is 55.7 Å². The zero-order valence-electron chi connectivity index (χ0n) is 15.0. The van der Waals surface area contributed by atoms with E-state index in [2.05, 4.69) is 10.0 Å². The molecule has 1 amide bonds. The number of amides is 1. The van der Waals surface area contributed by atoms with Crippen LogP contribution in [0, 0.1) is 5.82 Å². The number of rotatable bonds is 7. The summed E-state index contributed by atoms with van der Waals surface area (Å²) in [6, 6.07) is 9.64. The first-order valence-corrected chi connectivity index (χ1v) is 10.0. The molecule has 0 bridgehead atoms. The second-order valence-corrected chi connectivity index (χ2v) is 8.19. The Bertz CT molecular complexity index is 941. The number of benzene rings is 2. The average Bonchev–Trinajstić information content (AvgIpc) is 3.44. The van der Waals surface area contributed by atoms with Crippen molar-refractivity contribution in [1.82, 2.24) is 10.0 Å². The first-order chi connectivity index (χ1) is 12.8. The van der Waals surface area contributed by atoms with Crippen molar-refractivity contribution in [1.29, 1.82) is 0 Å². The van der Waals surface area contributed by atoms with Gasteiger partial charge in [0.25, 0.3) is 5.91 Å². The van der Waals surface area contributed by atoms with E-state index >= 15 is 0 Å². The van der Waals surface area contributed by atoms with Crippen molar-refractivity contribution in [3.63, 3.8) is 0 Å². The Balaban J connectivity index is 1.82. The van der Waals surface area contributed by atoms with Crippen LogP contribution < -0.4 is 14.8 Å². The molecule has 1 saturated carbocycles. The van der Waals surface area contributed by atoms with E-state index in [4.69, 9.17) is 4.74 Å². The van der Waals surface area contributed by atoms with Crippen LogP contribution in [-0.4, -0.2) is 27.5 Å². The van der Waals surface area contributed by atoms with E-state index in [0.29, 0.717) is 0 Å². The lowest BCUT2D eigenvalue weighted by Gasteiger charge is -2.16. The molecular weight excluding hydrogens is 371 g/mol. The summed E-state index contributed by atoms with van der Waals surface area (Å²) >= 11 is 0. The molecule has 0 saturated heterocycles. The maximum atomic E-state index is 13.0. The van der Waals surface area contributed by atoms with Gasteiger partial charge in [0.15, 0.2) is 0 Å². The maximum absolute atomic E-state index is 13.0. The lowest BCUT2D eigenvalue weighted by Crippen LogP contribution is -2.28. The van der Waals surface area contributed by atoms with Crippen molar-refractivity contribution in [2.45, 2.75) is 36.7 Å². The normalized spacial score (nSPS) is 15.2. The monoisotopic (exact) mass is 392 g/mol. The third kappa shape index (κ3) is 4.64. The van der Waals surface area contributed by atoms with E-state index in [-0.39, 0.29) is 34.1 Å². The molecule has 144 valence electrons. The summed E-state index contributed by atoms with van der Waals surface area (Å²) in [6.45, 7) is 1.76. The Labute approximate surface area is 157 Å². The minimum absolute atomic E-state index is 0.0595. The fourth-order valence-electron chi connectivity index (χ4n) is 2.63. The largest absolute Gasteiger partial charge is 0.495 e. The van der Waals surface area contributed by atoms with Crippen LogP contribution in [0.3, 0.4) is 0 Å². The number of hydrogen-bond donors (Lipinski definition) is 2. The number of halogens is 1. The number of nitrogens with one attached hydrogen (secondary N) is 2. The number of sulfonamides is 1. The highest BCUT2D eigenvalue weighted by Gasteiger charge is 2.30. The molecule has 3 rings (SSSR count). The predicted molar refractivity (Wildman–Crippen MR) is 98.6 cm³/mol. The second kappa shape index (κ2) is 7.66. The van der Waals surface area contributed by atoms with Crippen molar-refractivity contribution < 1.29 is 22.3 Å². The van der Waals surface area contributed by atoms with Gasteiger partial charge >= 0.3 is 0 Å². The van der Waals surface area contributed by atoms with E-state index < -0.39 is 15.9 Å². The van der Waals surface area contributed by atoms with Gasteiger partial charge in [-0.3, -0.25) is 4.79 Å². The van der Waals surface area contributed by atoms with E-state index in [1.165, 1.54) is 37.4 Å². The number of hydrogen-bond acceptors (Lipinski definition) is 4. The Morgan fingerprint density at radius 1 is 1.19 bits per heavy atom. The van der Waals surface area contributed by atoms with Gasteiger partial charge in [-0.2, -0.15) is 0 Å². The van der Waals surface area contributed by atoms with E-state index in [1.807, 2.05) is 0 Å². The second-order valence-electron chi connectivity index (χ2n) is 6.51. The van der Waals surface area contributed by atoms with Crippen LogP contribution in [0.5, 0.6) is 5.75 Å². The van der Waals surface area contributed by atoms with Crippen LogP contribution in [0.2, 0.25) is 0 Å². The zero-order valence-corrected chi connectivity index (χ0v) is 15.8. The summed E-state index contributed by atoms with van der Waals surface area (Å²) in [6.07, 6.45) is 1.60. The van der Waals surface area contributed by atoms with E-state index in [0.717, 1.165) is 18.4 Å². The van der Waals surface area contributed by atoms with E-state index in [9.17, 15) is 17.6 Å². The van der Waals surface area contributed by atoms with Crippen molar-refractivity contribution in [3.8, 4) is 5.75 Å². The van der Waals surface area contributed by atoms with Crippen LogP contribution in [0.4, 0.5) is 4.39 Å². The Kier molecular flexibility index (Phi) is 5.48. The molecule has 0 radical (unpaired) electrons. The van der Waals surface area contributed by atoms with Crippen molar-refractivity contribution >= 4 is 15.9 Å². The summed E-state index contributed by atoms with van der Waals surface area (Å²) in [5.74, 6) is -0.617. The van der Waals surface area contributed by atoms with Gasteiger partial charge in [-0.15, -0.1) is 0 Å². The van der Waals surface area contributed by atoms with Gasteiger partial charge in [0.2, 0.25) is 10.0 Å². The Hall–Kier alpha value is -2.45. The van der Waals surface area contributed by atoms with E-state index in [1.54, 1.807) is 19.1 Å². The van der Waals surface area contributed by atoms with Crippen LogP contribution in [-0.2, 0) is 10.0 Å². The first-order valence-electron chi connectivity index (χ1n) is 8.57. The van der Waals surface area contributed by atoms with Crippen molar-refractivity contribution in [2.75, 3.05) is 7.11 Å². The van der Waals surface area contributed by atoms with Crippen LogP contribution in [0.25, 0.3) is 0 Å². The highest BCUT2D eigenvalue weighted by Crippen LogP contribution is 2.28. The minimum atomic E-state index is -3.78. The summed E-state index contributed by atoms with van der Waals surface area (Å²) in [5, 5.41) is 2.78. The van der Waals surface area contributed by atoms with Gasteiger partial charge in [0.05, 0.1) is 13.2 Å². The first kappa shape index (κ1) is 19.3. The molecule has 2 aromatic carbocycles. The van der Waals surface area contributed by atoms with Gasteiger partial charge in [-0.1, -0.05) is 12.1 Å². The molecule has 27 heavy (non-hydrogen) atoms. The summed E-state index contributed by atoms with van der Waals surface area (Å²) < 4.78 is 45.9. The topological polar surface area (TPSA) is 84.5 Å². The molecule has 1 fully saturated rings. The quantitative estimate of drug-likeness (QED) is 0.759. The standard InChI is InChI=1S/C19H21FN2O4S/c1-12(13-3-6-15(20)7-4-13)21-19(23)14-5-10-17(26-2)18(11-14)27(24,25)22-16-8-9-16/h3-7,10-12,16,22H,8-9H2,1-2H3,(H,21,23)/t12-/m1/s1. The molecule has 0 unspecified atom stereocenters. The molecule has 1 aliphatic carbocycles. The smallest absolute Gasteiger partial charge is 0.251 e. The van der Waals surface area contributed by atoms with Crippen LogP contribution in [0.15, 0.2) is 47.4 Å².